The van der Waals surface area contributed by atoms with Crippen LogP contribution in [0, 0.1) is 0 Å². The first-order valence-electron chi connectivity index (χ1n) is 9.47. The highest BCUT2D eigenvalue weighted by Crippen LogP contribution is 2.29. The van der Waals surface area contributed by atoms with Gasteiger partial charge in [-0.05, 0) is 36.8 Å². The van der Waals surface area contributed by atoms with E-state index in [0.717, 1.165) is 12.1 Å². The first-order chi connectivity index (χ1) is 14.6. The summed E-state index contributed by atoms with van der Waals surface area (Å²) in [5.74, 6) is -1.43. The van der Waals surface area contributed by atoms with E-state index in [9.17, 15) is 27.6 Å². The monoisotopic (exact) mass is 435 g/mol. The number of alkyl halides is 3. The topological polar surface area (TPSA) is 87.7 Å². The van der Waals surface area contributed by atoms with E-state index in [1.54, 1.807) is 31.2 Å². The van der Waals surface area contributed by atoms with Gasteiger partial charge in [-0.1, -0.05) is 24.3 Å². The zero-order chi connectivity index (χ0) is 22.6. The molecule has 7 nitrogen and oxygen atoms in total. The predicted octanol–water partition coefficient (Wildman–Crippen LogP) is 3.53. The van der Waals surface area contributed by atoms with Gasteiger partial charge in [0.05, 0.1) is 17.4 Å². The molecule has 0 saturated heterocycles. The van der Waals surface area contributed by atoms with Crippen LogP contribution in [0.4, 0.5) is 24.5 Å². The summed E-state index contributed by atoms with van der Waals surface area (Å²) < 4.78 is 40.5. The molecule has 31 heavy (non-hydrogen) atoms. The van der Waals surface area contributed by atoms with Crippen LogP contribution in [0.2, 0.25) is 0 Å². The van der Waals surface area contributed by atoms with Crippen molar-refractivity contribution >= 4 is 29.1 Å². The second-order valence-corrected chi connectivity index (χ2v) is 6.95. The van der Waals surface area contributed by atoms with Gasteiger partial charge in [0.25, 0.3) is 0 Å². The Bertz CT molecular complexity index is 977. The van der Waals surface area contributed by atoms with Crippen LogP contribution >= 0.6 is 0 Å². The molecule has 0 fully saturated rings. The summed E-state index contributed by atoms with van der Waals surface area (Å²) in [5, 5.41) is 5.38. The van der Waals surface area contributed by atoms with Gasteiger partial charge in [-0.3, -0.25) is 14.4 Å². The molecule has 10 heteroatoms. The highest BCUT2D eigenvalue weighted by Gasteiger charge is 2.31. The maximum absolute atomic E-state index is 12.6. The molecule has 3 rings (SSSR count). The number of anilines is 2. The predicted molar refractivity (Wildman–Crippen MR) is 106 cm³/mol. The van der Waals surface area contributed by atoms with Crippen molar-refractivity contribution in [3.63, 3.8) is 0 Å². The Hall–Kier alpha value is -3.56. The third-order valence-electron chi connectivity index (χ3n) is 4.63. The zero-order valence-electron chi connectivity index (χ0n) is 16.5. The summed E-state index contributed by atoms with van der Waals surface area (Å²) in [7, 11) is 0. The Morgan fingerprint density at radius 3 is 2.48 bits per heavy atom. The maximum atomic E-state index is 12.6. The number of amides is 3. The molecule has 0 aliphatic carbocycles. The molecule has 3 amide bonds. The van der Waals surface area contributed by atoms with E-state index >= 15 is 0 Å². The fourth-order valence-electron chi connectivity index (χ4n) is 3.17. The second kappa shape index (κ2) is 9.07. The number of rotatable bonds is 6. The lowest BCUT2D eigenvalue weighted by Gasteiger charge is -2.29. The first-order valence-corrected chi connectivity index (χ1v) is 9.47. The van der Waals surface area contributed by atoms with Crippen molar-refractivity contribution in [2.24, 2.45) is 0 Å². The molecule has 1 aliphatic heterocycles. The van der Waals surface area contributed by atoms with E-state index in [4.69, 9.17) is 0 Å². The Morgan fingerprint density at radius 1 is 1.13 bits per heavy atom. The van der Waals surface area contributed by atoms with E-state index in [2.05, 4.69) is 15.4 Å². The van der Waals surface area contributed by atoms with Crippen molar-refractivity contribution in [3.05, 3.63) is 54.1 Å². The third kappa shape index (κ3) is 5.97. The Balaban J connectivity index is 1.53. The lowest BCUT2D eigenvalue weighted by molar-refractivity contribution is -0.274. The van der Waals surface area contributed by atoms with Gasteiger partial charge in [-0.15, -0.1) is 13.2 Å². The standard InChI is InChI=1S/C21H20F3N3O4/c1-13(14-6-8-15(9-7-14)31-21(22,23)24)25-18(28)10-11-20(30)27-12-19(29)26-16-4-2-3-5-17(16)27/h2-9,13H,10-12H2,1H3,(H,25,28)(H,26,29). The molecule has 0 saturated carbocycles. The van der Waals surface area contributed by atoms with Crippen molar-refractivity contribution in [2.75, 3.05) is 16.8 Å². The molecule has 0 radical (unpaired) electrons. The van der Waals surface area contributed by atoms with Gasteiger partial charge in [0, 0.05) is 12.8 Å². The molecule has 1 heterocycles. The van der Waals surface area contributed by atoms with Crippen LogP contribution in [-0.2, 0) is 14.4 Å². The second-order valence-electron chi connectivity index (χ2n) is 6.95. The average Bonchev–Trinajstić information content (AvgIpc) is 2.70. The number of carbonyl (C=O) groups is 3. The Morgan fingerprint density at radius 2 is 1.81 bits per heavy atom. The number of nitrogens with one attached hydrogen (secondary N) is 2. The highest BCUT2D eigenvalue weighted by molar-refractivity contribution is 6.10. The van der Waals surface area contributed by atoms with Gasteiger partial charge in [0.15, 0.2) is 0 Å². The van der Waals surface area contributed by atoms with Crippen LogP contribution < -0.4 is 20.3 Å². The van der Waals surface area contributed by atoms with Crippen molar-refractivity contribution in [1.82, 2.24) is 5.32 Å². The summed E-state index contributed by atoms with van der Waals surface area (Å²) >= 11 is 0. The zero-order valence-corrected chi connectivity index (χ0v) is 16.5. The number of ether oxygens (including phenoxy) is 1. The normalized spacial score (nSPS) is 14.3. The summed E-state index contributed by atoms with van der Waals surface area (Å²) in [6, 6.07) is 11.6. The molecule has 2 aromatic carbocycles. The van der Waals surface area contributed by atoms with E-state index in [1.807, 2.05) is 0 Å². The molecule has 1 atom stereocenters. The summed E-state index contributed by atoms with van der Waals surface area (Å²) in [4.78, 5) is 38.0. The summed E-state index contributed by atoms with van der Waals surface area (Å²) in [6.45, 7) is 1.55. The van der Waals surface area contributed by atoms with Gasteiger partial charge in [0.1, 0.15) is 12.3 Å². The van der Waals surface area contributed by atoms with Crippen molar-refractivity contribution in [2.45, 2.75) is 32.2 Å². The molecule has 2 aromatic rings. The van der Waals surface area contributed by atoms with Crippen LogP contribution in [0.25, 0.3) is 0 Å². The molecular formula is C21H20F3N3O4. The van der Waals surface area contributed by atoms with Crippen molar-refractivity contribution in [1.29, 1.82) is 0 Å². The molecule has 0 spiro atoms. The summed E-state index contributed by atoms with van der Waals surface area (Å²) in [5.41, 5.74) is 1.68. The van der Waals surface area contributed by atoms with Gasteiger partial charge in [-0.2, -0.15) is 0 Å². The van der Waals surface area contributed by atoms with Crippen LogP contribution in [0.15, 0.2) is 48.5 Å². The fourth-order valence-corrected chi connectivity index (χ4v) is 3.17. The Labute approximate surface area is 176 Å². The minimum Gasteiger partial charge on any atom is -0.406 e. The smallest absolute Gasteiger partial charge is 0.406 e. The number of carbonyl (C=O) groups excluding carboxylic acids is 3. The Kier molecular flexibility index (Phi) is 6.47. The van der Waals surface area contributed by atoms with Crippen LogP contribution in [0.1, 0.15) is 31.4 Å². The van der Waals surface area contributed by atoms with Crippen molar-refractivity contribution in [3.8, 4) is 5.75 Å². The van der Waals surface area contributed by atoms with Crippen molar-refractivity contribution < 1.29 is 32.3 Å². The molecule has 2 N–H and O–H groups in total. The van der Waals surface area contributed by atoms with Gasteiger partial charge in [-0.25, -0.2) is 0 Å². The van der Waals surface area contributed by atoms with Crippen LogP contribution in [-0.4, -0.2) is 30.6 Å². The first kappa shape index (κ1) is 22.1. The van der Waals surface area contributed by atoms with Gasteiger partial charge in [0.2, 0.25) is 17.7 Å². The minimum absolute atomic E-state index is 0.0985. The third-order valence-corrected chi connectivity index (χ3v) is 4.63. The van der Waals surface area contributed by atoms with Gasteiger partial charge >= 0.3 is 6.36 Å². The number of benzene rings is 2. The number of halogens is 3. The van der Waals surface area contributed by atoms with E-state index < -0.39 is 18.3 Å². The van der Waals surface area contributed by atoms with Gasteiger partial charge < -0.3 is 20.3 Å². The van der Waals surface area contributed by atoms with E-state index in [-0.39, 0.29) is 37.0 Å². The largest absolute Gasteiger partial charge is 0.573 e. The lowest BCUT2D eigenvalue weighted by atomic mass is 10.1. The molecule has 0 bridgehead atoms. The molecule has 0 aromatic heterocycles. The molecule has 1 unspecified atom stereocenters. The van der Waals surface area contributed by atoms with E-state index in [0.29, 0.717) is 16.9 Å². The van der Waals surface area contributed by atoms with E-state index in [1.165, 1.54) is 17.0 Å². The maximum Gasteiger partial charge on any atom is 0.573 e. The fraction of sp³-hybridized carbons (Fsp3) is 0.286. The summed E-state index contributed by atoms with van der Waals surface area (Å²) in [6.07, 6.45) is -4.97. The van der Waals surface area contributed by atoms with Crippen LogP contribution in [0.5, 0.6) is 5.75 Å². The molecule has 164 valence electrons. The number of para-hydroxylation sites is 2. The average molecular weight is 435 g/mol. The number of nitrogens with zero attached hydrogens (tertiary/aromatic N) is 1. The number of hydrogen-bond acceptors (Lipinski definition) is 4. The lowest BCUT2D eigenvalue weighted by Crippen LogP contribution is -2.42. The highest BCUT2D eigenvalue weighted by atomic mass is 19.4. The molecule has 1 aliphatic rings. The molecular weight excluding hydrogens is 415 g/mol. The minimum atomic E-state index is -4.77. The number of fused-ring (bicyclic) bond motifs is 1. The number of hydrogen-bond donors (Lipinski definition) is 2. The SMILES string of the molecule is CC(NC(=O)CCC(=O)N1CC(=O)Nc2ccccc21)c1ccc(OC(F)(F)F)cc1. The van der Waals surface area contributed by atoms with Crippen LogP contribution in [0.3, 0.4) is 0 Å². The quantitative estimate of drug-likeness (QED) is 0.727.